The Morgan fingerprint density at radius 1 is 0.468 bits per heavy atom. The van der Waals surface area contributed by atoms with Gasteiger partial charge in [0.2, 0.25) is 0 Å². The van der Waals surface area contributed by atoms with Gasteiger partial charge >= 0.3 is 0 Å². The number of hydrogen-bond donors (Lipinski definition) is 0. The van der Waals surface area contributed by atoms with Gasteiger partial charge in [0.05, 0.1) is 0 Å². The predicted octanol–water partition coefficient (Wildman–Crippen LogP) is 12.5. The number of aryl methyl sites for hydroxylation is 1. The zero-order chi connectivity index (χ0) is 31.1. The van der Waals surface area contributed by atoms with Crippen LogP contribution in [0, 0.1) is 6.92 Å². The van der Waals surface area contributed by atoms with E-state index in [2.05, 4.69) is 146 Å². The predicted molar refractivity (Wildman–Crippen MR) is 200 cm³/mol. The number of benzene rings is 7. The maximum absolute atomic E-state index is 2.43. The Kier molecular flexibility index (Phi) is 5.84. The van der Waals surface area contributed by atoms with Gasteiger partial charge in [-0.15, -0.1) is 0 Å². The largest absolute Gasteiger partial charge is 0.0839 e. The van der Waals surface area contributed by atoms with Crippen molar-refractivity contribution < 1.29 is 0 Å². The number of allylic oxidation sites excluding steroid dienone is 4. The molecule has 10 rings (SSSR count). The quantitative estimate of drug-likeness (QED) is 0.178. The van der Waals surface area contributed by atoms with E-state index in [1.165, 1.54) is 100 Å². The molecule has 0 radical (unpaired) electrons. The minimum Gasteiger partial charge on any atom is -0.0839 e. The summed E-state index contributed by atoms with van der Waals surface area (Å²) in [6, 6.07) is 47.9. The highest BCUT2D eigenvalue weighted by molar-refractivity contribution is 6.22. The summed E-state index contributed by atoms with van der Waals surface area (Å²) in [7, 11) is 0. The molecule has 0 aromatic heterocycles. The third-order valence-corrected chi connectivity index (χ3v) is 10.9. The first-order chi connectivity index (χ1) is 23.2. The van der Waals surface area contributed by atoms with Crippen molar-refractivity contribution in [2.24, 2.45) is 0 Å². The first-order valence-electron chi connectivity index (χ1n) is 17.0. The molecule has 0 heteroatoms. The van der Waals surface area contributed by atoms with Gasteiger partial charge in [-0.2, -0.15) is 0 Å². The first-order valence-corrected chi connectivity index (χ1v) is 17.0. The Morgan fingerprint density at radius 3 is 2.06 bits per heavy atom. The van der Waals surface area contributed by atoms with Gasteiger partial charge < -0.3 is 0 Å². The lowest BCUT2D eigenvalue weighted by atomic mass is 9.83. The van der Waals surface area contributed by atoms with Crippen LogP contribution in [0.4, 0.5) is 0 Å². The molecule has 0 heterocycles. The minimum absolute atomic E-state index is 0.983. The molecular formula is C47H34. The zero-order valence-electron chi connectivity index (χ0n) is 26.6. The van der Waals surface area contributed by atoms with Crippen molar-refractivity contribution in [2.45, 2.75) is 32.6 Å². The van der Waals surface area contributed by atoms with Gasteiger partial charge in [0.15, 0.2) is 0 Å². The first kappa shape index (κ1) is 26.7. The molecule has 0 spiro atoms. The van der Waals surface area contributed by atoms with E-state index in [0.717, 1.165) is 19.3 Å². The molecule has 0 nitrogen and oxygen atoms in total. The molecule has 3 aliphatic carbocycles. The van der Waals surface area contributed by atoms with Crippen LogP contribution < -0.4 is 0 Å². The van der Waals surface area contributed by atoms with Gasteiger partial charge in [0.25, 0.3) is 0 Å². The Morgan fingerprint density at radius 2 is 1.19 bits per heavy atom. The topological polar surface area (TPSA) is 0 Å². The van der Waals surface area contributed by atoms with Crippen molar-refractivity contribution in [2.75, 3.05) is 0 Å². The monoisotopic (exact) mass is 598 g/mol. The van der Waals surface area contributed by atoms with Crippen LogP contribution in [0.5, 0.6) is 0 Å². The molecule has 0 N–H and O–H groups in total. The Hall–Kier alpha value is -5.46. The van der Waals surface area contributed by atoms with E-state index >= 15 is 0 Å². The summed E-state index contributed by atoms with van der Waals surface area (Å²) in [6.45, 7) is 2.22. The van der Waals surface area contributed by atoms with Crippen molar-refractivity contribution in [1.82, 2.24) is 0 Å². The van der Waals surface area contributed by atoms with Crippen molar-refractivity contribution in [3.63, 3.8) is 0 Å². The van der Waals surface area contributed by atoms with Crippen molar-refractivity contribution in [3.05, 3.63) is 173 Å². The molecule has 0 saturated carbocycles. The molecule has 0 bridgehead atoms. The lowest BCUT2D eigenvalue weighted by molar-refractivity contribution is 1.04. The van der Waals surface area contributed by atoms with Gasteiger partial charge in [-0.3, -0.25) is 0 Å². The summed E-state index contributed by atoms with van der Waals surface area (Å²) in [5.41, 5.74) is 21.1. The van der Waals surface area contributed by atoms with Gasteiger partial charge in [0, 0.05) is 0 Å². The number of hydrogen-bond acceptors (Lipinski definition) is 0. The molecule has 7 aromatic carbocycles. The smallest absolute Gasteiger partial charge is 0.000716 e. The summed E-state index contributed by atoms with van der Waals surface area (Å²) >= 11 is 0. The minimum atomic E-state index is 0.983. The summed E-state index contributed by atoms with van der Waals surface area (Å²) in [5, 5.41) is 5.28. The molecule has 0 unspecified atom stereocenters. The normalized spacial score (nSPS) is 14.4. The molecule has 0 saturated heterocycles. The average molecular weight is 599 g/mol. The molecular weight excluding hydrogens is 565 g/mol. The fourth-order valence-electron chi connectivity index (χ4n) is 8.84. The molecule has 0 atom stereocenters. The summed E-state index contributed by atoms with van der Waals surface area (Å²) < 4.78 is 0. The fourth-order valence-corrected chi connectivity index (χ4v) is 8.84. The lowest BCUT2D eigenvalue weighted by Gasteiger charge is -2.20. The Labute approximate surface area is 276 Å². The van der Waals surface area contributed by atoms with Crippen LogP contribution in [0.25, 0.3) is 71.6 Å². The molecule has 0 amide bonds. The Balaban J connectivity index is 1.22. The van der Waals surface area contributed by atoms with E-state index < -0.39 is 0 Å². The average Bonchev–Trinajstić information content (AvgIpc) is 3.70. The second-order valence-corrected chi connectivity index (χ2v) is 13.5. The highest BCUT2D eigenvalue weighted by atomic mass is 14.3. The van der Waals surface area contributed by atoms with Crippen LogP contribution >= 0.6 is 0 Å². The van der Waals surface area contributed by atoms with Crippen molar-refractivity contribution >= 4 is 27.1 Å². The van der Waals surface area contributed by atoms with Crippen LogP contribution in [-0.2, 0) is 12.8 Å². The third kappa shape index (κ3) is 4.01. The van der Waals surface area contributed by atoms with Gasteiger partial charge in [-0.1, -0.05) is 139 Å². The summed E-state index contributed by atoms with van der Waals surface area (Å²) in [6.07, 6.45) is 9.11. The van der Waals surface area contributed by atoms with Crippen molar-refractivity contribution in [1.29, 1.82) is 0 Å². The summed E-state index contributed by atoms with van der Waals surface area (Å²) in [4.78, 5) is 0. The SMILES string of the molecule is Cc1ccc2c(-c3cccc4c3Cc3ccc5c(c3-4)CC3=C5CCC=C3)c3ccccc3c(-c3cccc(-c4ccccc4)c3)c2c1. The maximum Gasteiger partial charge on any atom is -0.000716 e. The third-order valence-electron chi connectivity index (χ3n) is 10.9. The van der Waals surface area contributed by atoms with E-state index in [9.17, 15) is 0 Å². The summed E-state index contributed by atoms with van der Waals surface area (Å²) in [5.74, 6) is 0. The highest BCUT2D eigenvalue weighted by Crippen LogP contribution is 2.52. The van der Waals surface area contributed by atoms with Crippen LogP contribution in [0.3, 0.4) is 0 Å². The van der Waals surface area contributed by atoms with E-state index in [4.69, 9.17) is 0 Å². The van der Waals surface area contributed by atoms with E-state index in [1.807, 2.05) is 0 Å². The van der Waals surface area contributed by atoms with E-state index in [-0.39, 0.29) is 0 Å². The molecule has 3 aliphatic rings. The van der Waals surface area contributed by atoms with Crippen LogP contribution in [0.15, 0.2) is 145 Å². The van der Waals surface area contributed by atoms with Gasteiger partial charge in [-0.05, 0) is 138 Å². The van der Waals surface area contributed by atoms with Crippen LogP contribution in [0.2, 0.25) is 0 Å². The maximum atomic E-state index is 2.43. The number of rotatable bonds is 3. The molecule has 0 fully saturated rings. The Bertz CT molecular complexity index is 2500. The molecule has 7 aromatic rings. The van der Waals surface area contributed by atoms with Crippen LogP contribution in [-0.4, -0.2) is 0 Å². The molecule has 47 heavy (non-hydrogen) atoms. The molecule has 222 valence electrons. The second kappa shape index (κ2) is 10.3. The van der Waals surface area contributed by atoms with Gasteiger partial charge in [-0.25, -0.2) is 0 Å². The van der Waals surface area contributed by atoms with Crippen LogP contribution in [0.1, 0.15) is 40.7 Å². The van der Waals surface area contributed by atoms with Crippen molar-refractivity contribution in [3.8, 4) is 44.5 Å². The molecule has 0 aliphatic heterocycles. The highest BCUT2D eigenvalue weighted by Gasteiger charge is 2.31. The second-order valence-electron chi connectivity index (χ2n) is 13.5. The number of fused-ring (bicyclic) bond motifs is 8. The van der Waals surface area contributed by atoms with E-state index in [1.54, 1.807) is 11.1 Å². The standard InChI is InChI=1S/C47H34/c1-29-21-23-41-43(25-29)45(33-15-9-14-31(26-33)30-11-3-2-4-12-30)37-17-7-8-18-38(37)47(41)40-20-10-19-39-42(40)28-34-22-24-36-35-16-6-5-13-32(35)27-44(36)46(34)39/h2-5,7-15,17-26H,6,16,27-28H2,1H3. The van der Waals surface area contributed by atoms with E-state index in [0.29, 0.717) is 0 Å². The zero-order valence-corrected chi connectivity index (χ0v) is 26.6. The van der Waals surface area contributed by atoms with Gasteiger partial charge in [0.1, 0.15) is 0 Å². The fraction of sp³-hybridized carbons (Fsp3) is 0.106. The lowest BCUT2D eigenvalue weighted by Crippen LogP contribution is -1.94.